The number of piperazine rings is 1. The molecular weight excluding hydrogens is 372 g/mol. The van der Waals surface area contributed by atoms with E-state index in [1.807, 2.05) is 11.9 Å². The Balaban J connectivity index is 1.79. The third-order valence-electron chi connectivity index (χ3n) is 7.09. The molecule has 0 aromatic rings. The first kappa shape index (κ1) is 21.0. The summed E-state index contributed by atoms with van der Waals surface area (Å²) in [4.78, 5) is 25.0. The highest BCUT2D eigenvalue weighted by atomic mass is 16.2. The molecule has 4 aliphatic rings. The summed E-state index contributed by atoms with van der Waals surface area (Å²) in [6.45, 7) is 6.54. The van der Waals surface area contributed by atoms with E-state index in [2.05, 4.69) is 61.2 Å². The van der Waals surface area contributed by atoms with E-state index in [0.29, 0.717) is 12.0 Å². The first-order chi connectivity index (χ1) is 14.6. The lowest BCUT2D eigenvalue weighted by Crippen LogP contribution is -2.60. The van der Waals surface area contributed by atoms with Crippen molar-refractivity contribution in [3.63, 3.8) is 0 Å². The van der Waals surface area contributed by atoms with Crippen molar-refractivity contribution >= 4 is 11.7 Å². The lowest BCUT2D eigenvalue weighted by molar-refractivity contribution is -0.134. The van der Waals surface area contributed by atoms with Crippen LogP contribution >= 0.6 is 0 Å². The first-order valence-corrected chi connectivity index (χ1v) is 11.8. The molecule has 2 fully saturated rings. The molecule has 4 rings (SSSR count). The number of amides is 1. The van der Waals surface area contributed by atoms with Crippen molar-refractivity contribution in [2.24, 2.45) is 10.9 Å². The van der Waals surface area contributed by atoms with E-state index in [1.165, 1.54) is 18.4 Å². The van der Waals surface area contributed by atoms with Gasteiger partial charge in [-0.2, -0.15) is 0 Å². The van der Waals surface area contributed by atoms with Crippen molar-refractivity contribution < 1.29 is 4.79 Å². The maximum absolute atomic E-state index is 13.2. The summed E-state index contributed by atoms with van der Waals surface area (Å²) in [7, 11) is 1.92. The number of hydrogen-bond donors (Lipinski definition) is 0. The average molecular weight is 409 g/mol. The predicted molar refractivity (Wildman–Crippen MR) is 122 cm³/mol. The molecule has 0 N–H and O–H groups in total. The van der Waals surface area contributed by atoms with Gasteiger partial charge in [0.15, 0.2) is 5.84 Å². The SMILES string of the molecule is CCC1=C(N2C=CC(CC)C=C2)N=C2C(=CC1)N(C)C(=O)[C@@H](CC)N2C1CCCC1. The number of fused-ring (bicyclic) bond motifs is 1. The van der Waals surface area contributed by atoms with Crippen molar-refractivity contribution in [3.05, 3.63) is 47.7 Å². The zero-order valence-corrected chi connectivity index (χ0v) is 19.0. The van der Waals surface area contributed by atoms with Crippen LogP contribution in [0, 0.1) is 5.92 Å². The minimum atomic E-state index is -0.115. The van der Waals surface area contributed by atoms with Gasteiger partial charge in [-0.3, -0.25) is 4.79 Å². The van der Waals surface area contributed by atoms with Crippen LogP contribution in [-0.4, -0.2) is 45.6 Å². The molecular formula is C25H36N4O. The Kier molecular flexibility index (Phi) is 6.16. The Labute approximate surface area is 181 Å². The quantitative estimate of drug-likeness (QED) is 0.631. The van der Waals surface area contributed by atoms with Gasteiger partial charge in [-0.25, -0.2) is 4.99 Å². The number of rotatable bonds is 5. The molecule has 5 heteroatoms. The summed E-state index contributed by atoms with van der Waals surface area (Å²) in [6.07, 6.45) is 19.6. The van der Waals surface area contributed by atoms with Gasteiger partial charge in [0.05, 0.1) is 5.70 Å². The summed E-state index contributed by atoms with van der Waals surface area (Å²) in [6, 6.07) is 0.298. The molecule has 3 aliphatic heterocycles. The van der Waals surface area contributed by atoms with E-state index >= 15 is 0 Å². The van der Waals surface area contributed by atoms with Gasteiger partial charge in [-0.15, -0.1) is 0 Å². The standard InChI is InChI=1S/C25H36N4O/c1-5-18-14-16-28(17-15-18)23-19(6-2)12-13-22-24(26-23)29(20-10-8-9-11-20)21(7-3)25(30)27(22)4/h13-18,20-21H,5-12H2,1-4H3/t21-/m1/s1. The van der Waals surface area contributed by atoms with Crippen molar-refractivity contribution in [2.45, 2.75) is 84.2 Å². The zero-order chi connectivity index (χ0) is 21.3. The number of carbonyl (C=O) groups is 1. The third kappa shape index (κ3) is 3.63. The van der Waals surface area contributed by atoms with Crippen LogP contribution in [0.5, 0.6) is 0 Å². The molecule has 30 heavy (non-hydrogen) atoms. The first-order valence-electron chi connectivity index (χ1n) is 11.8. The van der Waals surface area contributed by atoms with E-state index < -0.39 is 0 Å². The molecule has 0 aromatic carbocycles. The van der Waals surface area contributed by atoms with Crippen LogP contribution in [0.3, 0.4) is 0 Å². The summed E-state index contributed by atoms with van der Waals surface area (Å²) < 4.78 is 0. The van der Waals surface area contributed by atoms with Crippen LogP contribution in [0.1, 0.15) is 72.1 Å². The van der Waals surface area contributed by atoms with Gasteiger partial charge in [0.2, 0.25) is 5.91 Å². The second kappa shape index (κ2) is 8.83. The normalized spacial score (nSPS) is 25.7. The van der Waals surface area contributed by atoms with Crippen molar-refractivity contribution in [2.75, 3.05) is 7.05 Å². The van der Waals surface area contributed by atoms with Gasteiger partial charge < -0.3 is 14.7 Å². The Hall–Kier alpha value is -2.30. The highest BCUT2D eigenvalue weighted by Gasteiger charge is 2.43. The number of hydrogen-bond acceptors (Lipinski definition) is 4. The minimum Gasteiger partial charge on any atom is -0.340 e. The van der Waals surface area contributed by atoms with Gasteiger partial charge in [-0.05, 0) is 50.0 Å². The van der Waals surface area contributed by atoms with Crippen LogP contribution in [-0.2, 0) is 4.79 Å². The van der Waals surface area contributed by atoms with Gasteiger partial charge in [0.1, 0.15) is 11.9 Å². The van der Waals surface area contributed by atoms with Crippen molar-refractivity contribution in [3.8, 4) is 0 Å². The molecule has 1 aliphatic carbocycles. The number of carbonyl (C=O) groups excluding carboxylic acids is 1. The fourth-order valence-corrected chi connectivity index (χ4v) is 5.18. The topological polar surface area (TPSA) is 39.1 Å². The molecule has 5 nitrogen and oxygen atoms in total. The molecule has 162 valence electrons. The number of allylic oxidation sites excluding steroid dienone is 4. The minimum absolute atomic E-state index is 0.115. The Bertz CT molecular complexity index is 814. The van der Waals surface area contributed by atoms with Gasteiger partial charge >= 0.3 is 0 Å². The number of nitrogens with zero attached hydrogens (tertiary/aromatic N) is 4. The Morgan fingerprint density at radius 1 is 1.07 bits per heavy atom. The highest BCUT2D eigenvalue weighted by Crippen LogP contribution is 2.36. The van der Waals surface area contributed by atoms with E-state index in [0.717, 1.165) is 55.9 Å². The number of aliphatic imine (C=N–C) groups is 1. The Morgan fingerprint density at radius 3 is 2.37 bits per heavy atom. The second-order valence-corrected chi connectivity index (χ2v) is 8.84. The second-order valence-electron chi connectivity index (χ2n) is 8.84. The summed E-state index contributed by atoms with van der Waals surface area (Å²) in [5, 5.41) is 0. The monoisotopic (exact) mass is 408 g/mol. The number of amidine groups is 1. The fourth-order valence-electron chi connectivity index (χ4n) is 5.18. The summed E-state index contributed by atoms with van der Waals surface area (Å²) in [5.41, 5.74) is 2.29. The van der Waals surface area contributed by atoms with Crippen molar-refractivity contribution in [1.82, 2.24) is 14.7 Å². The van der Waals surface area contributed by atoms with Crippen molar-refractivity contribution in [1.29, 1.82) is 0 Å². The molecule has 0 bridgehead atoms. The van der Waals surface area contributed by atoms with Gasteiger partial charge in [0, 0.05) is 25.5 Å². The third-order valence-corrected chi connectivity index (χ3v) is 7.09. The molecule has 0 radical (unpaired) electrons. The molecule has 1 saturated carbocycles. The van der Waals surface area contributed by atoms with E-state index in [4.69, 9.17) is 4.99 Å². The van der Waals surface area contributed by atoms with Crippen LogP contribution in [0.15, 0.2) is 52.7 Å². The molecule has 3 heterocycles. The van der Waals surface area contributed by atoms with Gasteiger partial charge in [-0.1, -0.05) is 51.8 Å². The molecule has 1 amide bonds. The average Bonchev–Trinajstić information content (AvgIpc) is 3.23. The van der Waals surface area contributed by atoms with Crippen LogP contribution < -0.4 is 0 Å². The molecule has 0 aromatic heterocycles. The van der Waals surface area contributed by atoms with E-state index in [9.17, 15) is 4.79 Å². The fraction of sp³-hybridized carbons (Fsp3) is 0.600. The smallest absolute Gasteiger partial charge is 0.249 e. The maximum atomic E-state index is 13.2. The zero-order valence-electron chi connectivity index (χ0n) is 19.0. The van der Waals surface area contributed by atoms with Crippen LogP contribution in [0.4, 0.5) is 0 Å². The largest absolute Gasteiger partial charge is 0.340 e. The maximum Gasteiger partial charge on any atom is 0.249 e. The summed E-state index contributed by atoms with van der Waals surface area (Å²) in [5.74, 6) is 2.73. The van der Waals surface area contributed by atoms with Crippen LogP contribution in [0.25, 0.3) is 0 Å². The van der Waals surface area contributed by atoms with E-state index in [-0.39, 0.29) is 11.9 Å². The van der Waals surface area contributed by atoms with Gasteiger partial charge in [0.25, 0.3) is 0 Å². The highest BCUT2D eigenvalue weighted by molar-refractivity contribution is 6.08. The molecule has 1 saturated heterocycles. The molecule has 0 unspecified atom stereocenters. The lowest BCUT2D eigenvalue weighted by Gasteiger charge is -2.45. The number of likely N-dealkylation sites (N-methyl/N-ethyl adjacent to an activating group) is 1. The lowest BCUT2D eigenvalue weighted by atomic mass is 10.0. The predicted octanol–water partition coefficient (Wildman–Crippen LogP) is 5.16. The summed E-state index contributed by atoms with van der Waals surface area (Å²) >= 11 is 0. The van der Waals surface area contributed by atoms with Crippen LogP contribution in [0.2, 0.25) is 0 Å². The Morgan fingerprint density at radius 2 is 1.77 bits per heavy atom. The van der Waals surface area contributed by atoms with E-state index in [1.54, 1.807) is 0 Å². The molecule has 1 atom stereocenters. The molecule has 0 spiro atoms.